The maximum absolute atomic E-state index is 2.31. The smallest absolute Gasteiger partial charge is 0.870 e. The molecule has 0 aliphatic carbocycles. The van der Waals surface area contributed by atoms with Gasteiger partial charge in [-0.3, -0.25) is 0 Å². The molecule has 0 rings (SSSR count). The van der Waals surface area contributed by atoms with Gasteiger partial charge in [-0.1, -0.05) is 27.7 Å². The van der Waals surface area contributed by atoms with E-state index in [1.807, 2.05) is 0 Å². The summed E-state index contributed by atoms with van der Waals surface area (Å²) in [6, 6.07) is 0. The largest absolute Gasteiger partial charge is 1.00 e. The number of quaternary nitrogens is 1. The molecule has 0 saturated heterocycles. The van der Waals surface area contributed by atoms with Gasteiger partial charge in [0.25, 0.3) is 0 Å². The van der Waals surface area contributed by atoms with Crippen LogP contribution in [0.15, 0.2) is 0 Å². The fourth-order valence-corrected chi connectivity index (χ4v) is 2.57. The minimum atomic E-state index is 0. The van der Waals surface area contributed by atoms with E-state index in [9.17, 15) is 0 Å². The van der Waals surface area contributed by atoms with Crippen LogP contribution in [0, 0.1) is 0 Å². The molecule has 0 saturated carbocycles. The van der Waals surface area contributed by atoms with Crippen LogP contribution >= 0.6 is 0 Å². The molecule has 0 aliphatic rings. The number of nitrogens with zero attached hydrogens (tertiary/aromatic N) is 1. The first-order chi connectivity index (χ1) is 6.24. The first kappa shape index (κ1) is 25.7. The van der Waals surface area contributed by atoms with Crippen LogP contribution in [0.2, 0.25) is 0 Å². The second-order valence-electron chi connectivity index (χ2n) is 4.24. The van der Waals surface area contributed by atoms with Crippen LogP contribution in [0.3, 0.4) is 0 Å². The second kappa shape index (κ2) is 15.9. The van der Waals surface area contributed by atoms with Crippen molar-refractivity contribution >= 4 is 0 Å². The molecular weight excluding hydrogens is 213 g/mol. The monoisotopic (exact) mass is 243 g/mol. The number of rotatable bonds is 8. The van der Waals surface area contributed by atoms with Crippen LogP contribution in [0.1, 0.15) is 53.4 Å². The van der Waals surface area contributed by atoms with Crippen molar-refractivity contribution in [3.63, 3.8) is 0 Å². The van der Waals surface area contributed by atoms with Gasteiger partial charge in [0.2, 0.25) is 0 Å². The van der Waals surface area contributed by atoms with E-state index in [0.717, 1.165) is 0 Å². The topological polar surface area (TPSA) is 60.0 Å². The van der Waals surface area contributed by atoms with Crippen molar-refractivity contribution in [1.82, 2.24) is 0 Å². The van der Waals surface area contributed by atoms with Gasteiger partial charge in [-0.25, -0.2) is 0 Å². The molecule has 4 heteroatoms. The third kappa shape index (κ3) is 10.1. The first-order valence-electron chi connectivity index (χ1n) is 6.09. The zero-order valence-electron chi connectivity index (χ0n) is 12.0. The van der Waals surface area contributed by atoms with Gasteiger partial charge in [-0.15, -0.1) is 0 Å². The van der Waals surface area contributed by atoms with E-state index in [4.69, 9.17) is 0 Å². The molecule has 3 nitrogen and oxygen atoms in total. The SMILES string of the molecule is CCC[N+](CCC)(CCC)CCC.[Na+].[OH-].[OH-]. The maximum Gasteiger partial charge on any atom is 1.00 e. The molecule has 96 valence electrons. The van der Waals surface area contributed by atoms with Gasteiger partial charge in [-0.2, -0.15) is 0 Å². The molecule has 0 amide bonds. The summed E-state index contributed by atoms with van der Waals surface area (Å²) in [4.78, 5) is 0. The van der Waals surface area contributed by atoms with Gasteiger partial charge < -0.3 is 15.4 Å². The molecule has 0 bridgehead atoms. The van der Waals surface area contributed by atoms with Crippen molar-refractivity contribution in [2.75, 3.05) is 26.2 Å². The van der Waals surface area contributed by atoms with E-state index in [1.54, 1.807) is 0 Å². The molecule has 0 aromatic carbocycles. The molecule has 0 spiro atoms. The summed E-state index contributed by atoms with van der Waals surface area (Å²) < 4.78 is 1.38. The molecule has 16 heavy (non-hydrogen) atoms. The van der Waals surface area contributed by atoms with E-state index < -0.39 is 0 Å². The number of hydrogen-bond donors (Lipinski definition) is 0. The molecule has 0 fully saturated rings. The van der Waals surface area contributed by atoms with Crippen LogP contribution in [-0.2, 0) is 0 Å². The molecule has 0 unspecified atom stereocenters. The fraction of sp³-hybridized carbons (Fsp3) is 1.00. The normalized spacial score (nSPS) is 9.75. The summed E-state index contributed by atoms with van der Waals surface area (Å²) >= 11 is 0. The van der Waals surface area contributed by atoms with Gasteiger partial charge in [-0.05, 0) is 25.7 Å². The molecule has 2 N–H and O–H groups in total. The molecule has 0 radical (unpaired) electrons. The van der Waals surface area contributed by atoms with E-state index in [2.05, 4.69) is 27.7 Å². The third-order valence-corrected chi connectivity index (χ3v) is 2.79. The van der Waals surface area contributed by atoms with Crippen molar-refractivity contribution < 1.29 is 45.0 Å². The van der Waals surface area contributed by atoms with E-state index in [1.165, 1.54) is 56.3 Å². The Morgan fingerprint density at radius 1 is 0.562 bits per heavy atom. The standard InChI is InChI=1S/C12H28N.Na.2H2O/c1-5-9-13(10-6-2,11-7-3)12-8-4;;;/h5-12H2,1-4H3;;2*1H2/q2*+1;;/p-2. The summed E-state index contributed by atoms with van der Waals surface area (Å²) in [5, 5.41) is 0. The molecule has 0 aromatic heterocycles. The van der Waals surface area contributed by atoms with Gasteiger partial charge in [0.15, 0.2) is 0 Å². The average Bonchev–Trinajstić information content (AvgIpc) is 2.06. The van der Waals surface area contributed by atoms with Crippen molar-refractivity contribution in [3.8, 4) is 0 Å². The summed E-state index contributed by atoms with van der Waals surface area (Å²) in [5.41, 5.74) is 0. The Labute approximate surface area is 124 Å². The predicted molar refractivity (Wildman–Crippen MR) is 64.8 cm³/mol. The van der Waals surface area contributed by atoms with Crippen LogP contribution in [0.25, 0.3) is 0 Å². The Bertz CT molecular complexity index is 94.1. The second-order valence-corrected chi connectivity index (χ2v) is 4.24. The summed E-state index contributed by atoms with van der Waals surface area (Å²) in [7, 11) is 0. The third-order valence-electron chi connectivity index (χ3n) is 2.79. The Hall–Kier alpha value is 0.880. The predicted octanol–water partition coefficient (Wildman–Crippen LogP) is 0.0936. The Kier molecular flexibility index (Phi) is 25.5. The van der Waals surface area contributed by atoms with Crippen LogP contribution in [0.4, 0.5) is 0 Å². The molecule has 0 atom stereocenters. The van der Waals surface area contributed by atoms with E-state index >= 15 is 0 Å². The Morgan fingerprint density at radius 2 is 0.750 bits per heavy atom. The summed E-state index contributed by atoms with van der Waals surface area (Å²) in [5.74, 6) is 0. The van der Waals surface area contributed by atoms with Crippen LogP contribution in [0.5, 0.6) is 0 Å². The van der Waals surface area contributed by atoms with E-state index in [-0.39, 0.29) is 40.5 Å². The van der Waals surface area contributed by atoms with Crippen LogP contribution in [-0.4, -0.2) is 41.6 Å². The Balaban J connectivity index is -0.000000240. The zero-order valence-corrected chi connectivity index (χ0v) is 14.0. The van der Waals surface area contributed by atoms with Crippen molar-refractivity contribution in [2.45, 2.75) is 53.4 Å². The van der Waals surface area contributed by atoms with Gasteiger partial charge in [0.1, 0.15) is 0 Å². The van der Waals surface area contributed by atoms with Crippen molar-refractivity contribution in [1.29, 1.82) is 0 Å². The van der Waals surface area contributed by atoms with Crippen molar-refractivity contribution in [3.05, 3.63) is 0 Å². The van der Waals surface area contributed by atoms with Crippen LogP contribution < -0.4 is 29.6 Å². The Morgan fingerprint density at radius 3 is 0.875 bits per heavy atom. The quantitative estimate of drug-likeness (QED) is 0.448. The van der Waals surface area contributed by atoms with Gasteiger partial charge in [0, 0.05) is 0 Å². The number of hydrogen-bond acceptors (Lipinski definition) is 2. The summed E-state index contributed by atoms with van der Waals surface area (Å²) in [6.45, 7) is 14.8. The van der Waals surface area contributed by atoms with Crippen molar-refractivity contribution in [2.24, 2.45) is 0 Å². The van der Waals surface area contributed by atoms with E-state index in [0.29, 0.717) is 0 Å². The van der Waals surface area contributed by atoms with Gasteiger partial charge >= 0.3 is 29.6 Å². The molecular formula is C12H30NNaO2. The molecule has 0 aromatic rings. The maximum atomic E-state index is 2.31. The fourth-order valence-electron chi connectivity index (χ4n) is 2.57. The average molecular weight is 243 g/mol. The van der Waals surface area contributed by atoms with Gasteiger partial charge in [0.05, 0.1) is 26.2 Å². The minimum Gasteiger partial charge on any atom is -0.870 e. The molecule has 0 heterocycles. The summed E-state index contributed by atoms with van der Waals surface area (Å²) in [6.07, 6.45) is 5.33. The molecule has 0 aliphatic heterocycles. The zero-order chi connectivity index (χ0) is 10.2. The minimum absolute atomic E-state index is 0. The first-order valence-corrected chi connectivity index (χ1v) is 6.09.